The van der Waals surface area contributed by atoms with Gasteiger partial charge in [-0.1, -0.05) is 71.2 Å². The molecule has 0 saturated heterocycles. The second-order valence-corrected chi connectivity index (χ2v) is 11.4. The number of nitrogens with zero attached hydrogens (tertiary/aromatic N) is 1. The summed E-state index contributed by atoms with van der Waals surface area (Å²) >= 11 is 15.8. The minimum atomic E-state index is -4.01. The van der Waals surface area contributed by atoms with Crippen molar-refractivity contribution in [2.45, 2.75) is 38.1 Å². The van der Waals surface area contributed by atoms with Gasteiger partial charge in [0.15, 0.2) is 0 Å². The summed E-state index contributed by atoms with van der Waals surface area (Å²) in [6, 6.07) is 16.7. The Morgan fingerprint density at radius 1 is 0.941 bits per heavy atom. The van der Waals surface area contributed by atoms with Crippen LogP contribution in [0, 0.1) is 0 Å². The van der Waals surface area contributed by atoms with Crippen molar-refractivity contribution in [2.24, 2.45) is 0 Å². The van der Waals surface area contributed by atoms with E-state index in [-0.39, 0.29) is 18.0 Å². The molecule has 0 fully saturated rings. The Morgan fingerprint density at radius 2 is 1.53 bits per heavy atom. The number of benzene rings is 3. The van der Waals surface area contributed by atoms with Crippen molar-refractivity contribution in [3.63, 3.8) is 0 Å². The van der Waals surface area contributed by atoms with Crippen molar-refractivity contribution < 1.29 is 13.2 Å². The van der Waals surface area contributed by atoms with E-state index in [0.29, 0.717) is 28.5 Å². The Balaban J connectivity index is 1.95. The number of aryl methyl sites for hydroxylation is 2. The van der Waals surface area contributed by atoms with Crippen LogP contribution in [0.4, 0.5) is 5.69 Å². The van der Waals surface area contributed by atoms with Gasteiger partial charge in [0.1, 0.15) is 0 Å². The molecular weight excluding hydrogens is 559 g/mol. The maximum absolute atomic E-state index is 13.5. The van der Waals surface area contributed by atoms with E-state index < -0.39 is 15.9 Å². The van der Waals surface area contributed by atoms with Crippen LogP contribution in [0.3, 0.4) is 0 Å². The van der Waals surface area contributed by atoms with Gasteiger partial charge in [-0.25, -0.2) is 8.42 Å². The third-order valence-corrected chi connectivity index (χ3v) is 8.25. The first-order valence-corrected chi connectivity index (χ1v) is 13.7. The number of hydrogen-bond donors (Lipinski definition) is 1. The van der Waals surface area contributed by atoms with Crippen molar-refractivity contribution in [3.05, 3.63) is 91.9 Å². The molecule has 0 unspecified atom stereocenters. The molecule has 0 aromatic heterocycles. The Bertz CT molecular complexity index is 1260. The van der Waals surface area contributed by atoms with Gasteiger partial charge in [0.25, 0.3) is 0 Å². The van der Waals surface area contributed by atoms with Crippen LogP contribution >= 0.6 is 39.1 Å². The molecular formula is C25H25BrCl2N2O3S. The maximum Gasteiger partial charge on any atom is 0.243 e. The van der Waals surface area contributed by atoms with E-state index in [1.54, 1.807) is 24.3 Å². The zero-order valence-electron chi connectivity index (χ0n) is 18.8. The average molecular weight is 584 g/mol. The zero-order valence-corrected chi connectivity index (χ0v) is 22.7. The lowest BCUT2D eigenvalue weighted by atomic mass is 10.0. The van der Waals surface area contributed by atoms with Crippen molar-refractivity contribution >= 4 is 60.7 Å². The Morgan fingerprint density at radius 3 is 2.09 bits per heavy atom. The summed E-state index contributed by atoms with van der Waals surface area (Å²) in [6.45, 7) is 3.58. The number of carbonyl (C=O) groups is 1. The first-order chi connectivity index (χ1) is 16.1. The molecule has 0 radical (unpaired) electrons. The number of sulfonamides is 1. The van der Waals surface area contributed by atoms with Gasteiger partial charge in [-0.15, -0.1) is 0 Å². The number of carbonyl (C=O) groups excluding carboxylic acids is 1. The molecule has 0 aliphatic rings. The molecule has 34 heavy (non-hydrogen) atoms. The Hall–Kier alpha value is -1.90. The van der Waals surface area contributed by atoms with Gasteiger partial charge in [0, 0.05) is 26.8 Å². The van der Waals surface area contributed by atoms with Crippen molar-refractivity contribution in [2.75, 3.05) is 11.9 Å². The number of anilines is 1. The maximum atomic E-state index is 13.5. The monoisotopic (exact) mass is 582 g/mol. The predicted octanol–water partition coefficient (Wildman–Crippen LogP) is 6.71. The van der Waals surface area contributed by atoms with Crippen molar-refractivity contribution in [1.29, 1.82) is 0 Å². The van der Waals surface area contributed by atoms with Crippen LogP contribution in [0.5, 0.6) is 0 Å². The number of amides is 1. The first kappa shape index (κ1) is 26.7. The molecule has 3 aromatic carbocycles. The molecule has 0 aliphatic carbocycles. The number of rotatable bonds is 9. The standard InChI is InChI=1S/C25H25BrCl2N2O3S/c1-3-17-13-20(26)14-18(4-2)25(17)29-24(31)16-30(15-19-7-5-6-8-23(19)28)34(32,33)22-11-9-21(27)10-12-22/h5-14H,3-4,15-16H2,1-2H3,(H,29,31). The second-order valence-electron chi connectivity index (χ2n) is 7.67. The lowest BCUT2D eigenvalue weighted by Crippen LogP contribution is -2.38. The summed E-state index contributed by atoms with van der Waals surface area (Å²) < 4.78 is 29.0. The van der Waals surface area contributed by atoms with Gasteiger partial charge in [-0.05, 0) is 72.0 Å². The van der Waals surface area contributed by atoms with E-state index in [0.717, 1.165) is 25.6 Å². The minimum absolute atomic E-state index is 0.0453. The smallest absolute Gasteiger partial charge is 0.243 e. The summed E-state index contributed by atoms with van der Waals surface area (Å²) in [6.07, 6.45) is 1.43. The lowest BCUT2D eigenvalue weighted by molar-refractivity contribution is -0.116. The van der Waals surface area contributed by atoms with E-state index in [4.69, 9.17) is 23.2 Å². The van der Waals surface area contributed by atoms with Gasteiger partial charge < -0.3 is 5.32 Å². The quantitative estimate of drug-likeness (QED) is 0.304. The van der Waals surface area contributed by atoms with Crippen LogP contribution in [0.15, 0.2) is 70.0 Å². The molecule has 1 amide bonds. The first-order valence-electron chi connectivity index (χ1n) is 10.8. The Kier molecular flexibility index (Phi) is 9.18. The number of nitrogens with one attached hydrogen (secondary N) is 1. The third kappa shape index (κ3) is 6.40. The van der Waals surface area contributed by atoms with Crippen LogP contribution in [0.2, 0.25) is 10.0 Å². The van der Waals surface area contributed by atoms with Gasteiger partial charge in [0.05, 0.1) is 11.4 Å². The number of halogens is 3. The molecule has 5 nitrogen and oxygen atoms in total. The topological polar surface area (TPSA) is 66.5 Å². The highest BCUT2D eigenvalue weighted by Gasteiger charge is 2.28. The molecule has 1 N–H and O–H groups in total. The molecule has 180 valence electrons. The van der Waals surface area contributed by atoms with Crippen LogP contribution in [-0.4, -0.2) is 25.2 Å². The van der Waals surface area contributed by atoms with E-state index in [1.807, 2.05) is 26.0 Å². The fourth-order valence-electron chi connectivity index (χ4n) is 3.58. The molecule has 0 heterocycles. The highest BCUT2D eigenvalue weighted by Crippen LogP contribution is 2.28. The molecule has 0 aliphatic heterocycles. The molecule has 3 aromatic rings. The fourth-order valence-corrected chi connectivity index (χ4v) is 5.83. The highest BCUT2D eigenvalue weighted by atomic mass is 79.9. The van der Waals surface area contributed by atoms with Crippen LogP contribution < -0.4 is 5.32 Å². The molecule has 3 rings (SSSR count). The van der Waals surface area contributed by atoms with E-state index >= 15 is 0 Å². The molecule has 0 spiro atoms. The van der Waals surface area contributed by atoms with E-state index in [9.17, 15) is 13.2 Å². The van der Waals surface area contributed by atoms with Crippen LogP contribution in [0.1, 0.15) is 30.5 Å². The summed E-state index contributed by atoms with van der Waals surface area (Å²) in [5, 5.41) is 3.80. The van der Waals surface area contributed by atoms with Gasteiger partial charge in [0.2, 0.25) is 15.9 Å². The third-order valence-electron chi connectivity index (χ3n) is 5.37. The predicted molar refractivity (Wildman–Crippen MR) is 142 cm³/mol. The van der Waals surface area contributed by atoms with Crippen molar-refractivity contribution in [1.82, 2.24) is 4.31 Å². The van der Waals surface area contributed by atoms with Crippen LogP contribution in [-0.2, 0) is 34.2 Å². The van der Waals surface area contributed by atoms with Gasteiger partial charge >= 0.3 is 0 Å². The SMILES string of the molecule is CCc1cc(Br)cc(CC)c1NC(=O)CN(Cc1ccccc1Cl)S(=O)(=O)c1ccc(Cl)cc1. The zero-order chi connectivity index (χ0) is 24.9. The van der Waals surface area contributed by atoms with E-state index in [1.165, 1.54) is 24.3 Å². The normalized spacial score (nSPS) is 11.6. The van der Waals surface area contributed by atoms with Gasteiger partial charge in [-0.3, -0.25) is 4.79 Å². The summed E-state index contributed by atoms with van der Waals surface area (Å²) in [4.78, 5) is 13.2. The van der Waals surface area contributed by atoms with Gasteiger partial charge in [-0.2, -0.15) is 4.31 Å². The molecule has 9 heteroatoms. The molecule has 0 saturated carbocycles. The summed E-state index contributed by atoms with van der Waals surface area (Å²) in [5.41, 5.74) is 3.26. The highest BCUT2D eigenvalue weighted by molar-refractivity contribution is 9.10. The second kappa shape index (κ2) is 11.7. The number of hydrogen-bond acceptors (Lipinski definition) is 3. The Labute approximate surface area is 219 Å². The molecule has 0 atom stereocenters. The summed E-state index contributed by atoms with van der Waals surface area (Å²) in [5.74, 6) is -0.434. The summed E-state index contributed by atoms with van der Waals surface area (Å²) in [7, 11) is -4.01. The minimum Gasteiger partial charge on any atom is -0.324 e. The van der Waals surface area contributed by atoms with Crippen LogP contribution in [0.25, 0.3) is 0 Å². The van der Waals surface area contributed by atoms with E-state index in [2.05, 4.69) is 21.2 Å². The fraction of sp³-hybridized carbons (Fsp3) is 0.240. The van der Waals surface area contributed by atoms with Crippen molar-refractivity contribution in [3.8, 4) is 0 Å². The average Bonchev–Trinajstić information content (AvgIpc) is 2.81. The lowest BCUT2D eigenvalue weighted by Gasteiger charge is -2.23. The largest absolute Gasteiger partial charge is 0.324 e. The molecule has 0 bridgehead atoms.